The van der Waals surface area contributed by atoms with Crippen molar-refractivity contribution in [2.45, 2.75) is 25.6 Å². The smallest absolute Gasteiger partial charge is 0.0712 e. The molecule has 0 spiro atoms. The summed E-state index contributed by atoms with van der Waals surface area (Å²) in [5.74, 6) is 0. The Hall–Kier alpha value is -0.900. The minimum absolute atomic E-state index is 0.410. The molecule has 0 aliphatic carbocycles. The van der Waals surface area contributed by atoms with Crippen molar-refractivity contribution in [2.24, 2.45) is 0 Å². The van der Waals surface area contributed by atoms with E-state index in [1.807, 2.05) is 0 Å². The maximum atomic E-state index is 5.73. The highest BCUT2D eigenvalue weighted by Crippen LogP contribution is 2.22. The lowest BCUT2D eigenvalue weighted by Gasteiger charge is -2.25. The molecule has 3 rings (SSSR count). The van der Waals surface area contributed by atoms with Gasteiger partial charge in [-0.3, -0.25) is 4.90 Å². The number of rotatable bonds is 3. The van der Waals surface area contributed by atoms with Crippen LogP contribution in [0.3, 0.4) is 0 Å². The van der Waals surface area contributed by atoms with Crippen LogP contribution in [0.15, 0.2) is 24.3 Å². The van der Waals surface area contributed by atoms with E-state index in [0.29, 0.717) is 6.10 Å². The molecule has 1 saturated heterocycles. The molecule has 0 aromatic heterocycles. The van der Waals surface area contributed by atoms with Crippen LogP contribution in [0.5, 0.6) is 0 Å². The second kappa shape index (κ2) is 5.17. The summed E-state index contributed by atoms with van der Waals surface area (Å²) in [6.07, 6.45) is 1.55. The highest BCUT2D eigenvalue weighted by Gasteiger charge is 2.20. The second-order valence-corrected chi connectivity index (χ2v) is 4.96. The molecule has 0 saturated carbocycles. The SMILES string of the molecule is c1ccc2c(c1)CN(CCC1CNCCO1)C2. The Morgan fingerprint density at radius 3 is 2.65 bits per heavy atom. The average Bonchev–Trinajstić information content (AvgIpc) is 2.80. The number of hydrogen-bond acceptors (Lipinski definition) is 3. The first kappa shape index (κ1) is 11.2. The van der Waals surface area contributed by atoms with Crippen molar-refractivity contribution < 1.29 is 4.74 Å². The zero-order valence-corrected chi connectivity index (χ0v) is 10.2. The number of nitrogens with one attached hydrogen (secondary N) is 1. The van der Waals surface area contributed by atoms with Crippen LogP contribution in [-0.4, -0.2) is 37.2 Å². The predicted octanol–water partition coefficient (Wildman–Crippen LogP) is 1.38. The summed E-state index contributed by atoms with van der Waals surface area (Å²) < 4.78 is 5.73. The largest absolute Gasteiger partial charge is 0.376 e. The summed E-state index contributed by atoms with van der Waals surface area (Å²) >= 11 is 0. The number of benzene rings is 1. The Bertz CT molecular complexity index is 349. The number of fused-ring (bicyclic) bond motifs is 1. The Kier molecular flexibility index (Phi) is 3.41. The highest BCUT2D eigenvalue weighted by atomic mass is 16.5. The van der Waals surface area contributed by atoms with Gasteiger partial charge >= 0.3 is 0 Å². The molecule has 1 aromatic carbocycles. The molecule has 1 unspecified atom stereocenters. The third-order valence-electron chi connectivity index (χ3n) is 3.68. The van der Waals surface area contributed by atoms with Gasteiger partial charge in [-0.1, -0.05) is 24.3 Å². The summed E-state index contributed by atoms with van der Waals surface area (Å²) in [7, 11) is 0. The van der Waals surface area contributed by atoms with Crippen LogP contribution in [0.4, 0.5) is 0 Å². The van der Waals surface area contributed by atoms with Crippen LogP contribution >= 0.6 is 0 Å². The van der Waals surface area contributed by atoms with E-state index in [-0.39, 0.29) is 0 Å². The van der Waals surface area contributed by atoms with E-state index in [2.05, 4.69) is 34.5 Å². The molecule has 1 N–H and O–H groups in total. The van der Waals surface area contributed by atoms with Crippen LogP contribution < -0.4 is 5.32 Å². The fraction of sp³-hybridized carbons (Fsp3) is 0.571. The van der Waals surface area contributed by atoms with Crippen molar-refractivity contribution in [1.29, 1.82) is 0 Å². The van der Waals surface area contributed by atoms with Gasteiger partial charge in [-0.05, 0) is 17.5 Å². The predicted molar refractivity (Wildman–Crippen MR) is 67.8 cm³/mol. The van der Waals surface area contributed by atoms with E-state index in [9.17, 15) is 0 Å². The quantitative estimate of drug-likeness (QED) is 0.852. The van der Waals surface area contributed by atoms with Crippen molar-refractivity contribution in [3.8, 4) is 0 Å². The molecule has 92 valence electrons. The second-order valence-electron chi connectivity index (χ2n) is 4.96. The normalized spacial score (nSPS) is 24.8. The fourth-order valence-corrected chi connectivity index (χ4v) is 2.69. The lowest BCUT2D eigenvalue weighted by molar-refractivity contribution is 0.0171. The Labute approximate surface area is 103 Å². The van der Waals surface area contributed by atoms with Crippen LogP contribution in [-0.2, 0) is 17.8 Å². The van der Waals surface area contributed by atoms with Gasteiger partial charge in [0.05, 0.1) is 12.7 Å². The lowest BCUT2D eigenvalue weighted by Crippen LogP contribution is -2.40. The van der Waals surface area contributed by atoms with Crippen LogP contribution in [0, 0.1) is 0 Å². The Balaban J connectivity index is 1.48. The number of nitrogens with zero attached hydrogens (tertiary/aromatic N) is 1. The monoisotopic (exact) mass is 232 g/mol. The molecule has 3 heteroatoms. The van der Waals surface area contributed by atoms with Gasteiger partial charge in [0.2, 0.25) is 0 Å². The molecule has 1 atom stereocenters. The molecule has 17 heavy (non-hydrogen) atoms. The molecule has 3 nitrogen and oxygen atoms in total. The molecular weight excluding hydrogens is 212 g/mol. The summed E-state index contributed by atoms with van der Waals surface area (Å²) in [6, 6.07) is 8.76. The van der Waals surface area contributed by atoms with Crippen molar-refractivity contribution >= 4 is 0 Å². The van der Waals surface area contributed by atoms with E-state index in [0.717, 1.165) is 45.8 Å². The van der Waals surface area contributed by atoms with Crippen LogP contribution in [0.1, 0.15) is 17.5 Å². The number of morpholine rings is 1. The molecule has 2 heterocycles. The first-order valence-electron chi connectivity index (χ1n) is 6.53. The molecule has 2 aliphatic heterocycles. The van der Waals surface area contributed by atoms with E-state index in [1.165, 1.54) is 11.1 Å². The summed E-state index contributed by atoms with van der Waals surface area (Å²) in [4.78, 5) is 2.52. The van der Waals surface area contributed by atoms with E-state index in [4.69, 9.17) is 4.74 Å². The molecule has 0 radical (unpaired) electrons. The Morgan fingerprint density at radius 2 is 2.00 bits per heavy atom. The van der Waals surface area contributed by atoms with E-state index >= 15 is 0 Å². The van der Waals surface area contributed by atoms with Crippen molar-refractivity contribution in [3.63, 3.8) is 0 Å². The topological polar surface area (TPSA) is 24.5 Å². The molecular formula is C14H20N2O. The van der Waals surface area contributed by atoms with Gasteiger partial charge in [-0.25, -0.2) is 0 Å². The van der Waals surface area contributed by atoms with Crippen molar-refractivity contribution in [3.05, 3.63) is 35.4 Å². The standard InChI is InChI=1S/C14H20N2O/c1-2-4-13-11-16(10-12(13)3-1)7-5-14-9-15-6-8-17-14/h1-4,14-15H,5-11H2. The zero-order chi connectivity index (χ0) is 11.5. The molecule has 1 aromatic rings. The van der Waals surface area contributed by atoms with E-state index < -0.39 is 0 Å². The fourth-order valence-electron chi connectivity index (χ4n) is 2.69. The van der Waals surface area contributed by atoms with Gasteiger partial charge < -0.3 is 10.1 Å². The lowest BCUT2D eigenvalue weighted by atomic mass is 10.1. The minimum Gasteiger partial charge on any atom is -0.376 e. The van der Waals surface area contributed by atoms with Crippen LogP contribution in [0.2, 0.25) is 0 Å². The van der Waals surface area contributed by atoms with Gasteiger partial charge in [-0.2, -0.15) is 0 Å². The van der Waals surface area contributed by atoms with Gasteiger partial charge in [-0.15, -0.1) is 0 Å². The third-order valence-corrected chi connectivity index (χ3v) is 3.68. The van der Waals surface area contributed by atoms with Crippen molar-refractivity contribution in [2.75, 3.05) is 26.2 Å². The zero-order valence-electron chi connectivity index (χ0n) is 10.2. The van der Waals surface area contributed by atoms with Crippen molar-refractivity contribution in [1.82, 2.24) is 10.2 Å². The minimum atomic E-state index is 0.410. The summed E-state index contributed by atoms with van der Waals surface area (Å²) in [6.45, 7) is 6.24. The Morgan fingerprint density at radius 1 is 1.24 bits per heavy atom. The van der Waals surface area contributed by atoms with Gasteiger partial charge in [0, 0.05) is 32.7 Å². The first-order chi connectivity index (χ1) is 8.42. The van der Waals surface area contributed by atoms with E-state index in [1.54, 1.807) is 0 Å². The molecule has 2 aliphatic rings. The maximum absolute atomic E-state index is 5.73. The summed E-state index contributed by atoms with van der Waals surface area (Å²) in [5, 5.41) is 3.38. The molecule has 0 amide bonds. The summed E-state index contributed by atoms with van der Waals surface area (Å²) in [5.41, 5.74) is 2.99. The van der Waals surface area contributed by atoms with Gasteiger partial charge in [0.1, 0.15) is 0 Å². The van der Waals surface area contributed by atoms with Crippen LogP contribution in [0.25, 0.3) is 0 Å². The first-order valence-corrected chi connectivity index (χ1v) is 6.53. The third kappa shape index (κ3) is 2.68. The highest BCUT2D eigenvalue weighted by molar-refractivity contribution is 5.30. The molecule has 1 fully saturated rings. The maximum Gasteiger partial charge on any atom is 0.0712 e. The number of hydrogen-bond donors (Lipinski definition) is 1. The van der Waals surface area contributed by atoms with Gasteiger partial charge in [0.15, 0.2) is 0 Å². The average molecular weight is 232 g/mol. The van der Waals surface area contributed by atoms with Gasteiger partial charge in [0.25, 0.3) is 0 Å². The molecule has 0 bridgehead atoms. The number of ether oxygens (including phenoxy) is 1.